The number of rotatable bonds is 3. The zero-order chi connectivity index (χ0) is 11.5. The number of benzene rings is 1. The van der Waals surface area contributed by atoms with E-state index in [0.717, 1.165) is 24.1 Å². The molecular weight excluding hydrogens is 383 g/mol. The first-order valence-electron chi connectivity index (χ1n) is 5.21. The first kappa shape index (κ1) is 12.8. The molecule has 0 aromatic heterocycles. The molecule has 2 rings (SSSR count). The molecule has 0 amide bonds. The van der Waals surface area contributed by atoms with Gasteiger partial charge in [0.2, 0.25) is 0 Å². The van der Waals surface area contributed by atoms with Gasteiger partial charge in [-0.2, -0.15) is 0 Å². The second-order valence-electron chi connectivity index (χ2n) is 3.93. The molecule has 3 N–H and O–H groups in total. The Labute approximate surface area is 117 Å². The molecule has 1 heterocycles. The van der Waals surface area contributed by atoms with E-state index in [-0.39, 0.29) is 6.04 Å². The lowest BCUT2D eigenvalue weighted by Gasteiger charge is -2.23. The fourth-order valence-electron chi connectivity index (χ4n) is 2.05. The number of hydrogen-bond acceptors (Lipinski definition) is 3. The van der Waals surface area contributed by atoms with Crippen LogP contribution in [-0.2, 0) is 4.74 Å². The van der Waals surface area contributed by atoms with Gasteiger partial charge in [0.1, 0.15) is 0 Å². The minimum atomic E-state index is 0.159. The number of hydrogen-bond donors (Lipinski definition) is 2. The smallest absolute Gasteiger partial charge is 0.0522 e. The Morgan fingerprint density at radius 1 is 1.56 bits per heavy atom. The van der Waals surface area contributed by atoms with Crippen molar-refractivity contribution >= 4 is 38.5 Å². The number of ether oxygens (including phenoxy) is 1. The second-order valence-corrected chi connectivity index (χ2v) is 6.03. The molecule has 2 atom stereocenters. The number of nitrogens with two attached hydrogens (primary N) is 1. The Morgan fingerprint density at radius 2 is 2.38 bits per heavy atom. The monoisotopic (exact) mass is 396 g/mol. The van der Waals surface area contributed by atoms with Gasteiger partial charge in [0.15, 0.2) is 0 Å². The Balaban J connectivity index is 2.28. The highest BCUT2D eigenvalue weighted by Gasteiger charge is 2.27. The first-order chi connectivity index (χ1) is 7.72. The molecule has 0 aliphatic carbocycles. The van der Waals surface area contributed by atoms with Crippen molar-refractivity contribution < 1.29 is 4.74 Å². The van der Waals surface area contributed by atoms with Crippen molar-refractivity contribution in [2.24, 2.45) is 11.8 Å². The van der Waals surface area contributed by atoms with Gasteiger partial charge in [-0.05, 0) is 52.8 Å². The van der Waals surface area contributed by atoms with Gasteiger partial charge in [0, 0.05) is 20.6 Å². The highest BCUT2D eigenvalue weighted by Crippen LogP contribution is 2.33. The summed E-state index contributed by atoms with van der Waals surface area (Å²) in [5, 5.41) is 0. The summed E-state index contributed by atoms with van der Waals surface area (Å²) < 4.78 is 7.74. The molecule has 1 saturated heterocycles. The maximum absolute atomic E-state index is 5.67. The Bertz CT molecular complexity index is 369. The van der Waals surface area contributed by atoms with Crippen molar-refractivity contribution in [1.29, 1.82) is 0 Å². The van der Waals surface area contributed by atoms with E-state index in [4.69, 9.17) is 10.6 Å². The Morgan fingerprint density at radius 3 is 3.00 bits per heavy atom. The molecule has 1 aromatic rings. The molecule has 1 aliphatic heterocycles. The fraction of sp³-hybridized carbons (Fsp3) is 0.455. The molecule has 0 saturated carbocycles. The van der Waals surface area contributed by atoms with Crippen LogP contribution in [0.15, 0.2) is 22.7 Å². The summed E-state index contributed by atoms with van der Waals surface area (Å²) in [7, 11) is 0. The first-order valence-corrected chi connectivity index (χ1v) is 7.08. The van der Waals surface area contributed by atoms with E-state index in [1.807, 2.05) is 0 Å². The molecule has 0 radical (unpaired) electrons. The van der Waals surface area contributed by atoms with Crippen molar-refractivity contribution in [3.8, 4) is 0 Å². The van der Waals surface area contributed by atoms with Crippen LogP contribution in [0.25, 0.3) is 0 Å². The third-order valence-corrected chi connectivity index (χ3v) is 4.30. The lowest BCUT2D eigenvalue weighted by atomic mass is 9.93. The van der Waals surface area contributed by atoms with Gasteiger partial charge in [-0.3, -0.25) is 11.3 Å². The zero-order valence-electron chi connectivity index (χ0n) is 8.75. The summed E-state index contributed by atoms with van der Waals surface area (Å²) in [6.07, 6.45) is 1.06. The van der Waals surface area contributed by atoms with Crippen molar-refractivity contribution in [2.75, 3.05) is 13.2 Å². The number of hydrazine groups is 1. The summed E-state index contributed by atoms with van der Waals surface area (Å²) in [5.74, 6) is 6.13. The molecule has 0 spiro atoms. The summed E-state index contributed by atoms with van der Waals surface area (Å²) in [6.45, 7) is 1.62. The quantitative estimate of drug-likeness (QED) is 0.469. The van der Waals surface area contributed by atoms with Crippen LogP contribution in [0, 0.1) is 9.49 Å². The molecule has 1 aliphatic rings. The average molecular weight is 397 g/mol. The minimum absolute atomic E-state index is 0.159. The minimum Gasteiger partial charge on any atom is -0.381 e. The molecule has 2 unspecified atom stereocenters. The molecule has 0 bridgehead atoms. The van der Waals surface area contributed by atoms with Gasteiger partial charge in [-0.1, -0.05) is 15.9 Å². The van der Waals surface area contributed by atoms with Gasteiger partial charge in [0.25, 0.3) is 0 Å². The summed E-state index contributed by atoms with van der Waals surface area (Å²) in [6, 6.07) is 6.46. The topological polar surface area (TPSA) is 47.3 Å². The third kappa shape index (κ3) is 2.76. The summed E-state index contributed by atoms with van der Waals surface area (Å²) in [4.78, 5) is 0. The van der Waals surface area contributed by atoms with Gasteiger partial charge in [-0.15, -0.1) is 0 Å². The van der Waals surface area contributed by atoms with E-state index in [1.165, 1.54) is 9.13 Å². The van der Waals surface area contributed by atoms with Gasteiger partial charge in [0.05, 0.1) is 12.6 Å². The van der Waals surface area contributed by atoms with E-state index < -0.39 is 0 Å². The van der Waals surface area contributed by atoms with Crippen LogP contribution in [0.1, 0.15) is 18.0 Å². The van der Waals surface area contributed by atoms with Crippen LogP contribution >= 0.6 is 38.5 Å². The SMILES string of the molecule is NNC(c1cc(I)ccc1Br)C1CCOC1. The molecule has 1 fully saturated rings. The van der Waals surface area contributed by atoms with Crippen LogP contribution in [0.5, 0.6) is 0 Å². The lowest BCUT2D eigenvalue weighted by molar-refractivity contribution is 0.176. The van der Waals surface area contributed by atoms with Crippen molar-refractivity contribution in [1.82, 2.24) is 5.43 Å². The summed E-state index contributed by atoms with van der Waals surface area (Å²) in [5.41, 5.74) is 4.13. The molecule has 16 heavy (non-hydrogen) atoms. The fourth-order valence-corrected chi connectivity index (χ4v) is 3.06. The average Bonchev–Trinajstić information content (AvgIpc) is 2.78. The maximum Gasteiger partial charge on any atom is 0.0522 e. The van der Waals surface area contributed by atoms with E-state index >= 15 is 0 Å². The van der Waals surface area contributed by atoms with Crippen molar-refractivity contribution in [3.05, 3.63) is 31.8 Å². The van der Waals surface area contributed by atoms with E-state index in [2.05, 4.69) is 62.1 Å². The van der Waals surface area contributed by atoms with E-state index in [0.29, 0.717) is 5.92 Å². The van der Waals surface area contributed by atoms with E-state index in [9.17, 15) is 0 Å². The Hall–Kier alpha value is 0.310. The Kier molecular flexibility index (Phi) is 4.60. The van der Waals surface area contributed by atoms with Crippen molar-refractivity contribution in [3.63, 3.8) is 0 Å². The van der Waals surface area contributed by atoms with Gasteiger partial charge >= 0.3 is 0 Å². The molecule has 5 heteroatoms. The molecule has 88 valence electrons. The van der Waals surface area contributed by atoms with Crippen LogP contribution in [0.4, 0.5) is 0 Å². The normalized spacial score (nSPS) is 22.3. The summed E-state index contributed by atoms with van der Waals surface area (Å²) >= 11 is 5.89. The standard InChI is InChI=1S/C11H14BrIN2O/c12-10-2-1-8(13)5-9(10)11(15-14)7-3-4-16-6-7/h1-2,5,7,11,15H,3-4,6,14H2. The second kappa shape index (κ2) is 5.77. The zero-order valence-corrected chi connectivity index (χ0v) is 12.5. The largest absolute Gasteiger partial charge is 0.381 e. The highest BCUT2D eigenvalue weighted by molar-refractivity contribution is 14.1. The molecular formula is C11H14BrIN2O. The lowest BCUT2D eigenvalue weighted by Crippen LogP contribution is -2.34. The van der Waals surface area contributed by atoms with E-state index in [1.54, 1.807) is 0 Å². The number of halogens is 2. The van der Waals surface area contributed by atoms with Crippen molar-refractivity contribution in [2.45, 2.75) is 12.5 Å². The molecule has 1 aromatic carbocycles. The third-order valence-electron chi connectivity index (χ3n) is 2.91. The van der Waals surface area contributed by atoms with Crippen LogP contribution < -0.4 is 11.3 Å². The van der Waals surface area contributed by atoms with Crippen LogP contribution in [0.3, 0.4) is 0 Å². The number of nitrogens with one attached hydrogen (secondary N) is 1. The predicted molar refractivity (Wildman–Crippen MR) is 75.8 cm³/mol. The van der Waals surface area contributed by atoms with Gasteiger partial charge in [-0.25, -0.2) is 0 Å². The maximum atomic E-state index is 5.67. The highest BCUT2D eigenvalue weighted by atomic mass is 127. The van der Waals surface area contributed by atoms with Gasteiger partial charge < -0.3 is 4.74 Å². The van der Waals surface area contributed by atoms with Crippen LogP contribution in [-0.4, -0.2) is 13.2 Å². The molecule has 3 nitrogen and oxygen atoms in total. The predicted octanol–water partition coefficient (Wildman–Crippen LogP) is 2.59. The van der Waals surface area contributed by atoms with Crippen LogP contribution in [0.2, 0.25) is 0 Å².